The van der Waals surface area contributed by atoms with Gasteiger partial charge in [-0.05, 0) is 139 Å². The van der Waals surface area contributed by atoms with Gasteiger partial charge in [0.2, 0.25) is 0 Å². The first kappa shape index (κ1) is 36.9. The van der Waals surface area contributed by atoms with Gasteiger partial charge in [-0.1, -0.05) is 172 Å². The Balaban J connectivity index is 0.841. The average Bonchev–Trinajstić information content (AvgIpc) is 3.79. The number of aromatic nitrogens is 1. The van der Waals surface area contributed by atoms with Crippen LogP contribution in [0.25, 0.3) is 83.4 Å². The van der Waals surface area contributed by atoms with Gasteiger partial charge >= 0.3 is 0 Å². The van der Waals surface area contributed by atoms with Crippen molar-refractivity contribution in [2.24, 2.45) is 0 Å². The van der Waals surface area contributed by atoms with E-state index in [2.05, 4.69) is 254 Å². The minimum atomic E-state index is -0.199. The Morgan fingerprint density at radius 1 is 0.413 bits per heavy atom. The molecule has 0 spiro atoms. The Hall–Kier alpha value is -7.94. The van der Waals surface area contributed by atoms with E-state index in [1.54, 1.807) is 0 Å². The molecule has 1 aliphatic rings. The highest BCUT2D eigenvalue weighted by Gasteiger charge is 2.39. The van der Waals surface area contributed by atoms with Crippen LogP contribution in [0.5, 0.6) is 0 Å². The van der Waals surface area contributed by atoms with Crippen LogP contribution in [0.4, 0.5) is 17.1 Å². The molecule has 1 aliphatic carbocycles. The molecule has 0 unspecified atom stereocenters. The molecule has 0 saturated carbocycles. The third-order valence-corrected chi connectivity index (χ3v) is 13.3. The second kappa shape index (κ2) is 14.6. The zero-order chi connectivity index (χ0) is 42.1. The van der Waals surface area contributed by atoms with Crippen molar-refractivity contribution in [1.82, 2.24) is 4.57 Å². The molecule has 2 heteroatoms. The average molecular weight is 805 g/mol. The van der Waals surface area contributed by atoms with E-state index >= 15 is 0 Å². The van der Waals surface area contributed by atoms with Gasteiger partial charge in [0.25, 0.3) is 0 Å². The molecule has 0 saturated heterocycles. The van der Waals surface area contributed by atoms with E-state index in [-0.39, 0.29) is 5.41 Å². The molecule has 298 valence electrons. The maximum Gasteiger partial charge on any atom is 0.0588 e. The Kier molecular flexibility index (Phi) is 8.55. The minimum absolute atomic E-state index is 0.199. The Morgan fingerprint density at radius 2 is 0.952 bits per heavy atom. The molecular formula is C61H44N2. The normalized spacial score (nSPS) is 13.0. The van der Waals surface area contributed by atoms with E-state index in [1.165, 1.54) is 88.0 Å². The number of nitrogens with zero attached hydrogens (tertiary/aromatic N) is 2. The standard InChI is InChI=1S/C61H44N2/c1-61(2)57-40-44(30-35-53(57)55-36-37-56-54-20-12-13-21-58(54)63(60(56)59(55)61)49-18-10-5-11-19-49)43-29-34-52-46(39-43)28-27-45-38-42(26-33-51(45)52)23-22-41-24-31-50(32-25-41)62(47-14-6-3-7-15-47)48-16-8-4-9-17-48/h3-40H,1-2H3. The van der Waals surface area contributed by atoms with Crippen LogP contribution in [0.2, 0.25) is 0 Å². The molecule has 11 aromatic rings. The van der Waals surface area contributed by atoms with Gasteiger partial charge in [0.1, 0.15) is 0 Å². The fourth-order valence-corrected chi connectivity index (χ4v) is 10.3. The fraction of sp³-hybridized carbons (Fsp3) is 0.0492. The minimum Gasteiger partial charge on any atom is -0.311 e. The van der Waals surface area contributed by atoms with Gasteiger partial charge in [0, 0.05) is 38.9 Å². The molecule has 0 amide bonds. The monoisotopic (exact) mass is 804 g/mol. The van der Waals surface area contributed by atoms with E-state index in [9.17, 15) is 0 Å². The van der Waals surface area contributed by atoms with Crippen molar-refractivity contribution in [2.45, 2.75) is 19.3 Å². The summed E-state index contributed by atoms with van der Waals surface area (Å²) in [5.41, 5.74) is 17.2. The van der Waals surface area contributed by atoms with Gasteiger partial charge in [0.05, 0.1) is 11.0 Å². The Morgan fingerprint density at radius 3 is 1.68 bits per heavy atom. The third-order valence-electron chi connectivity index (χ3n) is 13.3. The summed E-state index contributed by atoms with van der Waals surface area (Å²) in [5.74, 6) is 0. The predicted octanol–water partition coefficient (Wildman–Crippen LogP) is 16.7. The van der Waals surface area contributed by atoms with Gasteiger partial charge in [-0.2, -0.15) is 0 Å². The quantitative estimate of drug-likeness (QED) is 0.115. The lowest BCUT2D eigenvalue weighted by Gasteiger charge is -2.25. The molecule has 12 rings (SSSR count). The summed E-state index contributed by atoms with van der Waals surface area (Å²) < 4.78 is 2.48. The van der Waals surface area contributed by atoms with Gasteiger partial charge in [-0.3, -0.25) is 0 Å². The number of hydrogen-bond acceptors (Lipinski definition) is 1. The van der Waals surface area contributed by atoms with Crippen molar-refractivity contribution >= 4 is 72.6 Å². The molecule has 2 nitrogen and oxygen atoms in total. The topological polar surface area (TPSA) is 8.17 Å². The molecule has 1 heterocycles. The molecular weight excluding hydrogens is 761 g/mol. The van der Waals surface area contributed by atoms with E-state index in [0.29, 0.717) is 0 Å². The molecule has 0 N–H and O–H groups in total. The first-order chi connectivity index (χ1) is 31.0. The maximum absolute atomic E-state index is 2.48. The van der Waals surface area contributed by atoms with Crippen molar-refractivity contribution in [2.75, 3.05) is 4.90 Å². The molecule has 0 atom stereocenters. The summed E-state index contributed by atoms with van der Waals surface area (Å²) in [4.78, 5) is 2.29. The summed E-state index contributed by atoms with van der Waals surface area (Å²) in [6.07, 6.45) is 4.42. The zero-order valence-corrected chi connectivity index (χ0v) is 35.3. The SMILES string of the molecule is CC1(C)c2cc(-c3ccc4c(ccc5cc(C=Cc6ccc(N(c7ccccc7)c7ccccc7)cc6)ccc54)c3)ccc2-c2ccc3c4ccccc4n(-c4ccccc4)c3c21. The zero-order valence-electron chi connectivity index (χ0n) is 35.3. The molecule has 0 aliphatic heterocycles. The van der Waals surface area contributed by atoms with Crippen LogP contribution in [-0.2, 0) is 5.41 Å². The van der Waals surface area contributed by atoms with Gasteiger partial charge in [-0.25, -0.2) is 0 Å². The fourth-order valence-electron chi connectivity index (χ4n) is 10.3. The number of para-hydroxylation sites is 4. The van der Waals surface area contributed by atoms with Crippen LogP contribution in [0.1, 0.15) is 36.1 Å². The maximum atomic E-state index is 2.48. The largest absolute Gasteiger partial charge is 0.311 e. The number of benzene rings is 10. The molecule has 0 radical (unpaired) electrons. The highest BCUT2D eigenvalue weighted by molar-refractivity contribution is 6.13. The molecule has 10 aromatic carbocycles. The van der Waals surface area contributed by atoms with E-state index in [0.717, 1.165) is 22.6 Å². The summed E-state index contributed by atoms with van der Waals surface area (Å²) >= 11 is 0. The second-order valence-corrected chi connectivity index (χ2v) is 17.4. The van der Waals surface area contributed by atoms with Gasteiger partial charge in [-0.15, -0.1) is 0 Å². The molecule has 0 fully saturated rings. The highest BCUT2D eigenvalue weighted by Crippen LogP contribution is 2.54. The summed E-state index contributed by atoms with van der Waals surface area (Å²) in [6, 6.07) is 79.7. The first-order valence-corrected chi connectivity index (χ1v) is 21.9. The van der Waals surface area contributed by atoms with Crippen LogP contribution in [-0.4, -0.2) is 4.57 Å². The Labute approximate surface area is 368 Å². The highest BCUT2D eigenvalue weighted by atomic mass is 15.1. The molecule has 1 aromatic heterocycles. The van der Waals surface area contributed by atoms with Crippen molar-refractivity contribution in [3.8, 4) is 27.9 Å². The number of hydrogen-bond donors (Lipinski definition) is 0. The third kappa shape index (κ3) is 6.09. The first-order valence-electron chi connectivity index (χ1n) is 21.9. The smallest absolute Gasteiger partial charge is 0.0588 e. The van der Waals surface area contributed by atoms with Crippen LogP contribution >= 0.6 is 0 Å². The summed E-state index contributed by atoms with van der Waals surface area (Å²) in [7, 11) is 0. The predicted molar refractivity (Wildman–Crippen MR) is 269 cm³/mol. The van der Waals surface area contributed by atoms with Crippen LogP contribution in [0.3, 0.4) is 0 Å². The van der Waals surface area contributed by atoms with Gasteiger partial charge in [0.15, 0.2) is 0 Å². The summed E-state index contributed by atoms with van der Waals surface area (Å²) in [5, 5.41) is 7.63. The van der Waals surface area contributed by atoms with Crippen molar-refractivity contribution < 1.29 is 0 Å². The van der Waals surface area contributed by atoms with Crippen molar-refractivity contribution in [1.29, 1.82) is 0 Å². The van der Waals surface area contributed by atoms with Crippen LogP contribution < -0.4 is 4.90 Å². The lowest BCUT2D eigenvalue weighted by atomic mass is 9.80. The van der Waals surface area contributed by atoms with Crippen molar-refractivity contribution in [3.63, 3.8) is 0 Å². The Bertz CT molecular complexity index is 3520. The lowest BCUT2D eigenvalue weighted by molar-refractivity contribution is 0.664. The molecule has 63 heavy (non-hydrogen) atoms. The van der Waals surface area contributed by atoms with E-state index in [1.807, 2.05) is 0 Å². The number of fused-ring (bicyclic) bond motifs is 10. The second-order valence-electron chi connectivity index (χ2n) is 17.4. The number of rotatable bonds is 7. The summed E-state index contributed by atoms with van der Waals surface area (Å²) in [6.45, 7) is 4.82. The number of anilines is 3. The van der Waals surface area contributed by atoms with E-state index in [4.69, 9.17) is 0 Å². The molecule has 0 bridgehead atoms. The van der Waals surface area contributed by atoms with Crippen LogP contribution in [0.15, 0.2) is 218 Å². The van der Waals surface area contributed by atoms with Crippen molar-refractivity contribution in [3.05, 3.63) is 241 Å². The van der Waals surface area contributed by atoms with E-state index < -0.39 is 0 Å². The van der Waals surface area contributed by atoms with Gasteiger partial charge < -0.3 is 9.47 Å². The lowest BCUT2D eigenvalue weighted by Crippen LogP contribution is -2.16. The van der Waals surface area contributed by atoms with Crippen LogP contribution in [0, 0.1) is 0 Å².